The molecule has 4 rings (SSSR count). The van der Waals surface area contributed by atoms with E-state index in [4.69, 9.17) is 10.5 Å². The number of nitrogens with two attached hydrogens (primary N) is 1. The molecule has 7 nitrogen and oxygen atoms in total. The van der Waals surface area contributed by atoms with Gasteiger partial charge < -0.3 is 20.5 Å². The fraction of sp³-hybridized carbons (Fsp3) is 0.333. The number of anilines is 2. The van der Waals surface area contributed by atoms with Gasteiger partial charge in [-0.15, -0.1) is 0 Å². The van der Waals surface area contributed by atoms with Crippen molar-refractivity contribution in [2.24, 2.45) is 0 Å². The zero-order valence-corrected chi connectivity index (χ0v) is 15.6. The van der Waals surface area contributed by atoms with Crippen LogP contribution in [0.3, 0.4) is 0 Å². The topological polar surface area (TPSA) is 97.3 Å². The SMILES string of the molecule is Nc1cccc(C(=O)C[C@]2(O)C(=O)N(C[NH+]3CCOCC3)c3ccccc32)c1. The van der Waals surface area contributed by atoms with Gasteiger partial charge in [0.15, 0.2) is 18.1 Å². The van der Waals surface area contributed by atoms with Crippen LogP contribution in [0.25, 0.3) is 0 Å². The number of Topliss-reactive ketones (excluding diaryl/α,β-unsaturated/α-hetero) is 1. The number of quaternary nitrogens is 1. The highest BCUT2D eigenvalue weighted by molar-refractivity contribution is 6.10. The number of ketones is 1. The Kier molecular flexibility index (Phi) is 4.89. The molecule has 1 atom stereocenters. The van der Waals surface area contributed by atoms with Crippen LogP contribution in [-0.4, -0.2) is 49.8 Å². The van der Waals surface area contributed by atoms with Gasteiger partial charge in [-0.25, -0.2) is 0 Å². The summed E-state index contributed by atoms with van der Waals surface area (Å²) in [6.45, 7) is 3.33. The summed E-state index contributed by atoms with van der Waals surface area (Å²) in [4.78, 5) is 28.9. The summed E-state index contributed by atoms with van der Waals surface area (Å²) in [7, 11) is 0. The third-order valence-electron chi connectivity index (χ3n) is 5.45. The number of nitrogens with zero attached hydrogens (tertiary/aromatic N) is 1. The zero-order valence-electron chi connectivity index (χ0n) is 15.6. The van der Waals surface area contributed by atoms with Crippen LogP contribution in [0.2, 0.25) is 0 Å². The summed E-state index contributed by atoms with van der Waals surface area (Å²) in [5, 5.41) is 11.3. The molecule has 28 heavy (non-hydrogen) atoms. The molecule has 2 aromatic rings. The summed E-state index contributed by atoms with van der Waals surface area (Å²) in [6.07, 6.45) is -0.318. The molecule has 0 unspecified atom stereocenters. The van der Waals surface area contributed by atoms with E-state index < -0.39 is 11.5 Å². The van der Waals surface area contributed by atoms with Crippen LogP contribution in [0.1, 0.15) is 22.3 Å². The third-order valence-corrected chi connectivity index (χ3v) is 5.45. The second-order valence-electron chi connectivity index (χ2n) is 7.36. The lowest BCUT2D eigenvalue weighted by atomic mass is 9.88. The second kappa shape index (κ2) is 7.35. The Morgan fingerprint density at radius 3 is 2.68 bits per heavy atom. The van der Waals surface area contributed by atoms with E-state index in [1.807, 2.05) is 12.1 Å². The molecule has 0 saturated carbocycles. The molecule has 0 bridgehead atoms. The number of carbonyl (C=O) groups is 2. The Morgan fingerprint density at radius 2 is 1.93 bits per heavy atom. The van der Waals surface area contributed by atoms with Gasteiger partial charge in [0.1, 0.15) is 13.1 Å². The van der Waals surface area contributed by atoms with Crippen LogP contribution >= 0.6 is 0 Å². The van der Waals surface area contributed by atoms with E-state index in [2.05, 4.69) is 0 Å². The lowest BCUT2D eigenvalue weighted by molar-refractivity contribution is -0.906. The number of para-hydroxylation sites is 1. The molecule has 146 valence electrons. The summed E-state index contributed by atoms with van der Waals surface area (Å²) in [5.41, 5.74) is 5.88. The molecule has 0 aromatic heterocycles. The number of carbonyl (C=O) groups excluding carboxylic acids is 2. The zero-order chi connectivity index (χ0) is 19.7. The number of aliphatic hydroxyl groups is 1. The van der Waals surface area contributed by atoms with Gasteiger partial charge in [-0.2, -0.15) is 0 Å². The molecular weight excluding hydrogens is 358 g/mol. The van der Waals surface area contributed by atoms with Crippen LogP contribution in [0.4, 0.5) is 11.4 Å². The lowest BCUT2D eigenvalue weighted by Crippen LogP contribution is -3.15. The molecule has 2 aliphatic heterocycles. The highest BCUT2D eigenvalue weighted by Crippen LogP contribution is 2.42. The average molecular weight is 382 g/mol. The Morgan fingerprint density at radius 1 is 1.18 bits per heavy atom. The van der Waals surface area contributed by atoms with Crippen molar-refractivity contribution in [3.8, 4) is 0 Å². The van der Waals surface area contributed by atoms with Crippen LogP contribution in [0.5, 0.6) is 0 Å². The monoisotopic (exact) mass is 382 g/mol. The molecule has 2 aromatic carbocycles. The molecule has 1 amide bonds. The van der Waals surface area contributed by atoms with Gasteiger partial charge in [-0.1, -0.05) is 30.3 Å². The minimum absolute atomic E-state index is 0.318. The van der Waals surface area contributed by atoms with Crippen molar-refractivity contribution in [2.75, 3.05) is 43.6 Å². The number of ether oxygens (including phenoxy) is 1. The largest absolute Gasteiger partial charge is 0.399 e. The molecule has 0 aliphatic carbocycles. The maximum atomic E-state index is 13.2. The first-order chi connectivity index (χ1) is 13.5. The maximum Gasteiger partial charge on any atom is 0.268 e. The molecule has 2 aliphatic rings. The van der Waals surface area contributed by atoms with Crippen LogP contribution < -0.4 is 15.5 Å². The van der Waals surface area contributed by atoms with Crippen LogP contribution in [0.15, 0.2) is 48.5 Å². The number of nitrogen functional groups attached to an aromatic ring is 1. The number of amides is 1. The highest BCUT2D eigenvalue weighted by Gasteiger charge is 2.51. The second-order valence-corrected chi connectivity index (χ2v) is 7.36. The van der Waals surface area contributed by atoms with Crippen LogP contribution in [-0.2, 0) is 15.1 Å². The fourth-order valence-corrected chi connectivity index (χ4v) is 3.92. The minimum atomic E-state index is -1.87. The van der Waals surface area contributed by atoms with E-state index in [-0.39, 0.29) is 12.2 Å². The number of hydrogen-bond acceptors (Lipinski definition) is 5. The van der Waals surface area contributed by atoms with Gasteiger partial charge in [-0.05, 0) is 18.2 Å². The standard InChI is InChI=1S/C21H23N3O4/c22-16-5-3-4-15(12-16)19(25)13-21(27)17-6-1-2-7-18(17)24(20(21)26)14-23-8-10-28-11-9-23/h1-7,12,27H,8-11,13-14,22H2/p+1/t21-/m1/s1. The van der Waals surface area contributed by atoms with Crippen molar-refractivity contribution in [2.45, 2.75) is 12.0 Å². The van der Waals surface area contributed by atoms with Gasteiger partial charge in [0.05, 0.1) is 25.3 Å². The van der Waals surface area contributed by atoms with E-state index in [0.29, 0.717) is 42.4 Å². The average Bonchev–Trinajstić information content (AvgIpc) is 2.91. The van der Waals surface area contributed by atoms with Crippen LogP contribution in [0, 0.1) is 0 Å². The summed E-state index contributed by atoms with van der Waals surface area (Å²) >= 11 is 0. The summed E-state index contributed by atoms with van der Waals surface area (Å²) < 4.78 is 5.38. The van der Waals surface area contributed by atoms with Gasteiger partial charge in [-0.3, -0.25) is 14.5 Å². The predicted molar refractivity (Wildman–Crippen MR) is 104 cm³/mol. The molecule has 1 fully saturated rings. The Bertz CT molecular complexity index is 910. The number of hydrogen-bond donors (Lipinski definition) is 3. The highest BCUT2D eigenvalue weighted by atomic mass is 16.5. The van der Waals surface area contributed by atoms with Crippen molar-refractivity contribution >= 4 is 23.1 Å². The number of rotatable bonds is 5. The van der Waals surface area contributed by atoms with Gasteiger partial charge in [0.25, 0.3) is 5.91 Å². The number of morpholine rings is 1. The van der Waals surface area contributed by atoms with Crippen molar-refractivity contribution in [3.63, 3.8) is 0 Å². The lowest BCUT2D eigenvalue weighted by Gasteiger charge is -2.29. The van der Waals surface area contributed by atoms with Gasteiger partial charge in [0.2, 0.25) is 0 Å². The number of benzene rings is 2. The molecule has 0 spiro atoms. The maximum absolute atomic E-state index is 13.2. The Labute approximate surface area is 163 Å². The molecule has 4 N–H and O–H groups in total. The molecule has 1 saturated heterocycles. The van der Waals surface area contributed by atoms with E-state index in [1.165, 1.54) is 4.90 Å². The first kappa shape index (κ1) is 18.6. The van der Waals surface area contributed by atoms with E-state index >= 15 is 0 Å². The fourth-order valence-electron chi connectivity index (χ4n) is 3.92. The Balaban J connectivity index is 1.62. The predicted octanol–water partition coefficient (Wildman–Crippen LogP) is -0.0514. The number of fused-ring (bicyclic) bond motifs is 1. The number of nitrogens with one attached hydrogen (secondary N) is 1. The quantitative estimate of drug-likeness (QED) is 0.498. The van der Waals surface area contributed by atoms with Crippen molar-refractivity contribution < 1.29 is 24.3 Å². The van der Waals surface area contributed by atoms with Crippen molar-refractivity contribution in [1.82, 2.24) is 0 Å². The minimum Gasteiger partial charge on any atom is -0.399 e. The molecule has 0 radical (unpaired) electrons. The molecule has 2 heterocycles. The van der Waals surface area contributed by atoms with Gasteiger partial charge in [0, 0.05) is 16.8 Å². The summed E-state index contributed by atoms with van der Waals surface area (Å²) in [6, 6.07) is 13.7. The van der Waals surface area contributed by atoms with E-state index in [9.17, 15) is 14.7 Å². The first-order valence-corrected chi connectivity index (χ1v) is 9.43. The van der Waals surface area contributed by atoms with E-state index in [0.717, 1.165) is 13.1 Å². The van der Waals surface area contributed by atoms with Gasteiger partial charge >= 0.3 is 0 Å². The van der Waals surface area contributed by atoms with E-state index in [1.54, 1.807) is 41.3 Å². The van der Waals surface area contributed by atoms with Crippen molar-refractivity contribution in [1.29, 1.82) is 0 Å². The Hall–Kier alpha value is -2.74. The smallest absolute Gasteiger partial charge is 0.268 e. The normalized spacial score (nSPS) is 22.3. The molecular formula is C21H24N3O4+. The summed E-state index contributed by atoms with van der Waals surface area (Å²) in [5.74, 6) is -0.775. The van der Waals surface area contributed by atoms with Crippen molar-refractivity contribution in [3.05, 3.63) is 59.7 Å². The third kappa shape index (κ3) is 3.28. The first-order valence-electron chi connectivity index (χ1n) is 9.43. The molecule has 7 heteroatoms.